The second-order valence-corrected chi connectivity index (χ2v) is 3.76. The highest BCUT2D eigenvalue weighted by atomic mass is 19.1. The lowest BCUT2D eigenvalue weighted by Gasteiger charge is -2.12. The van der Waals surface area contributed by atoms with E-state index >= 15 is 0 Å². The van der Waals surface area contributed by atoms with E-state index in [1.807, 2.05) is 13.8 Å². The van der Waals surface area contributed by atoms with Crippen molar-refractivity contribution in [3.05, 3.63) is 29.6 Å². The normalized spacial score (nSPS) is 10.3. The largest absolute Gasteiger partial charge is 0.336 e. The summed E-state index contributed by atoms with van der Waals surface area (Å²) in [6.07, 6.45) is 0. The zero-order valence-corrected chi connectivity index (χ0v) is 9.38. The van der Waals surface area contributed by atoms with E-state index in [0.717, 1.165) is 0 Å². The number of urea groups is 1. The zero-order chi connectivity index (χ0) is 12.1. The van der Waals surface area contributed by atoms with E-state index < -0.39 is 0 Å². The van der Waals surface area contributed by atoms with Crippen molar-refractivity contribution >= 4 is 11.7 Å². The van der Waals surface area contributed by atoms with Gasteiger partial charge in [0.15, 0.2) is 0 Å². The first-order valence-electron chi connectivity index (χ1n) is 5.09. The number of anilines is 1. The van der Waals surface area contributed by atoms with Crippen molar-refractivity contribution in [1.82, 2.24) is 5.32 Å². The van der Waals surface area contributed by atoms with Crippen LogP contribution in [0.15, 0.2) is 18.2 Å². The smallest absolute Gasteiger partial charge is 0.319 e. The maximum Gasteiger partial charge on any atom is 0.319 e. The molecule has 0 heterocycles. The fourth-order valence-electron chi connectivity index (χ4n) is 1.27. The molecule has 0 aliphatic heterocycles. The molecule has 1 aromatic carbocycles. The minimum Gasteiger partial charge on any atom is -0.336 e. The maximum absolute atomic E-state index is 12.9. The van der Waals surface area contributed by atoms with Crippen molar-refractivity contribution in [2.45, 2.75) is 26.4 Å². The van der Waals surface area contributed by atoms with Crippen LogP contribution in [-0.4, -0.2) is 12.1 Å². The molecule has 0 aliphatic rings. The molecule has 0 radical (unpaired) electrons. The van der Waals surface area contributed by atoms with Crippen LogP contribution in [0.25, 0.3) is 0 Å². The third kappa shape index (κ3) is 3.51. The standard InChI is InChI=1S/C11H16FN3O/c1-7(2)14-11(16)15-10-4-3-9(12)5-8(10)6-13/h3-5,7H,6,13H2,1-2H3,(H2,14,15,16). The van der Waals surface area contributed by atoms with Crippen LogP contribution in [0.2, 0.25) is 0 Å². The third-order valence-corrected chi connectivity index (χ3v) is 1.96. The molecule has 0 saturated heterocycles. The lowest BCUT2D eigenvalue weighted by Crippen LogP contribution is -2.34. The van der Waals surface area contributed by atoms with Gasteiger partial charge < -0.3 is 16.4 Å². The lowest BCUT2D eigenvalue weighted by atomic mass is 10.1. The number of hydrogen-bond acceptors (Lipinski definition) is 2. The van der Waals surface area contributed by atoms with Gasteiger partial charge in [0, 0.05) is 18.3 Å². The van der Waals surface area contributed by atoms with E-state index in [1.165, 1.54) is 18.2 Å². The van der Waals surface area contributed by atoms with Crippen LogP contribution in [0.5, 0.6) is 0 Å². The van der Waals surface area contributed by atoms with Crippen LogP contribution in [0, 0.1) is 5.82 Å². The summed E-state index contributed by atoms with van der Waals surface area (Å²) in [5.74, 6) is -0.365. The number of nitrogens with one attached hydrogen (secondary N) is 2. The summed E-state index contributed by atoms with van der Waals surface area (Å²) >= 11 is 0. The van der Waals surface area contributed by atoms with Crippen LogP contribution < -0.4 is 16.4 Å². The Morgan fingerprint density at radius 2 is 2.19 bits per heavy atom. The molecule has 0 aliphatic carbocycles. The SMILES string of the molecule is CC(C)NC(=O)Nc1ccc(F)cc1CN. The van der Waals surface area contributed by atoms with Gasteiger partial charge in [-0.15, -0.1) is 0 Å². The molecule has 88 valence electrons. The van der Waals surface area contributed by atoms with Crippen LogP contribution in [-0.2, 0) is 6.54 Å². The number of hydrogen-bond donors (Lipinski definition) is 3. The Kier molecular flexibility index (Phi) is 4.25. The first-order chi connectivity index (χ1) is 7.52. The van der Waals surface area contributed by atoms with Gasteiger partial charge in [0.05, 0.1) is 0 Å². The van der Waals surface area contributed by atoms with Crippen molar-refractivity contribution in [2.75, 3.05) is 5.32 Å². The van der Waals surface area contributed by atoms with Gasteiger partial charge in [-0.25, -0.2) is 9.18 Å². The van der Waals surface area contributed by atoms with E-state index in [-0.39, 0.29) is 24.4 Å². The summed E-state index contributed by atoms with van der Waals surface area (Å²) < 4.78 is 12.9. The first-order valence-corrected chi connectivity index (χ1v) is 5.09. The molecular formula is C11H16FN3O. The average Bonchev–Trinajstić information content (AvgIpc) is 2.19. The van der Waals surface area contributed by atoms with E-state index in [4.69, 9.17) is 5.73 Å². The second kappa shape index (κ2) is 5.46. The molecule has 0 spiro atoms. The molecule has 4 nitrogen and oxygen atoms in total. The summed E-state index contributed by atoms with van der Waals surface area (Å²) in [5, 5.41) is 5.30. The number of benzene rings is 1. The van der Waals surface area contributed by atoms with E-state index in [1.54, 1.807) is 0 Å². The van der Waals surface area contributed by atoms with E-state index in [2.05, 4.69) is 10.6 Å². The molecule has 0 saturated carbocycles. The molecule has 1 aromatic rings. The second-order valence-electron chi connectivity index (χ2n) is 3.76. The van der Waals surface area contributed by atoms with Crippen molar-refractivity contribution < 1.29 is 9.18 Å². The van der Waals surface area contributed by atoms with Crippen molar-refractivity contribution in [1.29, 1.82) is 0 Å². The highest BCUT2D eigenvalue weighted by Crippen LogP contribution is 2.16. The molecular weight excluding hydrogens is 209 g/mol. The fourth-order valence-corrected chi connectivity index (χ4v) is 1.27. The predicted octanol–water partition coefficient (Wildman–Crippen LogP) is 1.81. The van der Waals surface area contributed by atoms with Crippen molar-refractivity contribution in [2.24, 2.45) is 5.73 Å². The Morgan fingerprint density at radius 1 is 1.50 bits per heavy atom. The predicted molar refractivity (Wildman–Crippen MR) is 61.6 cm³/mol. The van der Waals surface area contributed by atoms with Gasteiger partial charge in [-0.2, -0.15) is 0 Å². The molecule has 4 N–H and O–H groups in total. The number of carbonyl (C=O) groups is 1. The van der Waals surface area contributed by atoms with Crippen LogP contribution in [0.1, 0.15) is 19.4 Å². The summed E-state index contributed by atoms with van der Waals surface area (Å²) in [6, 6.07) is 3.81. The zero-order valence-electron chi connectivity index (χ0n) is 9.38. The third-order valence-electron chi connectivity index (χ3n) is 1.96. The van der Waals surface area contributed by atoms with Crippen molar-refractivity contribution in [3.8, 4) is 0 Å². The summed E-state index contributed by atoms with van der Waals surface area (Å²) in [5.41, 5.74) is 6.56. The summed E-state index contributed by atoms with van der Waals surface area (Å²) in [4.78, 5) is 11.4. The molecule has 0 aromatic heterocycles. The monoisotopic (exact) mass is 225 g/mol. The van der Waals surface area contributed by atoms with Gasteiger partial charge in [-0.1, -0.05) is 0 Å². The molecule has 0 bridgehead atoms. The summed E-state index contributed by atoms with van der Waals surface area (Å²) in [7, 11) is 0. The van der Waals surface area contributed by atoms with Gasteiger partial charge in [-0.3, -0.25) is 0 Å². The molecule has 16 heavy (non-hydrogen) atoms. The Bertz CT molecular complexity index is 379. The van der Waals surface area contributed by atoms with E-state index in [9.17, 15) is 9.18 Å². The van der Waals surface area contributed by atoms with Gasteiger partial charge in [0.2, 0.25) is 0 Å². The highest BCUT2D eigenvalue weighted by Gasteiger charge is 2.07. The summed E-state index contributed by atoms with van der Waals surface area (Å²) in [6.45, 7) is 3.89. The van der Waals surface area contributed by atoms with Crippen LogP contribution >= 0.6 is 0 Å². The Labute approximate surface area is 94.0 Å². The van der Waals surface area contributed by atoms with Crippen molar-refractivity contribution in [3.63, 3.8) is 0 Å². The number of carbonyl (C=O) groups excluding carboxylic acids is 1. The van der Waals surface area contributed by atoms with Crippen LogP contribution in [0.4, 0.5) is 14.9 Å². The Balaban J connectivity index is 2.76. The average molecular weight is 225 g/mol. The topological polar surface area (TPSA) is 67.2 Å². The quantitative estimate of drug-likeness (QED) is 0.734. The molecule has 5 heteroatoms. The van der Waals surface area contributed by atoms with Gasteiger partial charge >= 0.3 is 6.03 Å². The molecule has 2 amide bonds. The molecule has 0 fully saturated rings. The minimum atomic E-state index is -0.365. The van der Waals surface area contributed by atoms with Gasteiger partial charge in [-0.05, 0) is 37.6 Å². The molecule has 1 rings (SSSR count). The Hall–Kier alpha value is -1.62. The van der Waals surface area contributed by atoms with E-state index in [0.29, 0.717) is 11.3 Å². The number of amides is 2. The minimum absolute atomic E-state index is 0.0433. The number of rotatable bonds is 3. The fraction of sp³-hybridized carbons (Fsp3) is 0.364. The highest BCUT2D eigenvalue weighted by molar-refractivity contribution is 5.90. The first kappa shape index (κ1) is 12.4. The van der Waals surface area contributed by atoms with Crippen LogP contribution in [0.3, 0.4) is 0 Å². The maximum atomic E-state index is 12.9. The number of halogens is 1. The molecule has 0 atom stereocenters. The van der Waals surface area contributed by atoms with Gasteiger partial charge in [0.25, 0.3) is 0 Å². The molecule has 0 unspecified atom stereocenters. The number of nitrogens with two attached hydrogens (primary N) is 1. The van der Waals surface area contributed by atoms with Gasteiger partial charge in [0.1, 0.15) is 5.82 Å². The Morgan fingerprint density at radius 3 is 2.75 bits per heavy atom. The lowest BCUT2D eigenvalue weighted by molar-refractivity contribution is 0.250.